The second-order valence-electron chi connectivity index (χ2n) is 9.85. The van der Waals surface area contributed by atoms with Crippen molar-refractivity contribution < 1.29 is 4.79 Å². The van der Waals surface area contributed by atoms with Crippen LogP contribution in [0.2, 0.25) is 0 Å². The molecule has 0 unspecified atom stereocenters. The molecule has 186 valence electrons. The molecule has 6 nitrogen and oxygen atoms in total. The predicted molar refractivity (Wildman–Crippen MR) is 152 cm³/mol. The maximum Gasteiger partial charge on any atom is 0.228 e. The van der Waals surface area contributed by atoms with Crippen LogP contribution in [0.15, 0.2) is 102 Å². The van der Waals surface area contributed by atoms with E-state index in [0.717, 1.165) is 45.3 Å². The van der Waals surface area contributed by atoms with E-state index in [4.69, 9.17) is 4.99 Å². The van der Waals surface area contributed by atoms with Crippen molar-refractivity contribution in [1.29, 1.82) is 0 Å². The Morgan fingerprint density at radius 1 is 0.921 bits per heavy atom. The maximum absolute atomic E-state index is 12.6. The van der Waals surface area contributed by atoms with Crippen LogP contribution in [0.25, 0.3) is 22.0 Å². The number of carbonyl (C=O) groups is 1. The van der Waals surface area contributed by atoms with E-state index < -0.39 is 0 Å². The van der Waals surface area contributed by atoms with E-state index in [1.165, 1.54) is 0 Å². The Balaban J connectivity index is 1.54. The van der Waals surface area contributed by atoms with Gasteiger partial charge < -0.3 is 5.32 Å². The van der Waals surface area contributed by atoms with E-state index in [9.17, 15) is 4.79 Å². The number of hydrogen-bond acceptors (Lipinski definition) is 5. The summed E-state index contributed by atoms with van der Waals surface area (Å²) in [7, 11) is 0. The molecule has 1 N–H and O–H groups in total. The highest BCUT2D eigenvalue weighted by Gasteiger charge is 2.39. The molecule has 5 aromatic rings. The third kappa shape index (κ3) is 4.81. The van der Waals surface area contributed by atoms with Crippen LogP contribution in [0.3, 0.4) is 0 Å². The molecule has 1 amide bonds. The Morgan fingerprint density at radius 3 is 2.24 bits per heavy atom. The topological polar surface area (TPSA) is 80.1 Å². The summed E-state index contributed by atoms with van der Waals surface area (Å²) in [6.45, 7) is 4.15. The van der Waals surface area contributed by atoms with E-state index in [-0.39, 0.29) is 11.8 Å². The second kappa shape index (κ2) is 9.98. The number of pyridine rings is 1. The van der Waals surface area contributed by atoms with Crippen molar-refractivity contribution in [2.75, 3.05) is 5.32 Å². The van der Waals surface area contributed by atoms with E-state index in [0.29, 0.717) is 22.9 Å². The van der Waals surface area contributed by atoms with E-state index in [1.807, 2.05) is 60.8 Å². The van der Waals surface area contributed by atoms with Gasteiger partial charge in [-0.2, -0.15) is 0 Å². The van der Waals surface area contributed by atoms with E-state index >= 15 is 0 Å². The van der Waals surface area contributed by atoms with Gasteiger partial charge in [0, 0.05) is 40.4 Å². The molecule has 1 aliphatic carbocycles. The van der Waals surface area contributed by atoms with Crippen molar-refractivity contribution in [3.05, 3.63) is 114 Å². The Hall–Kier alpha value is -4.71. The molecule has 1 fully saturated rings. The number of aryl methyl sites for hydroxylation is 1. The number of carbonyl (C=O) groups excluding carboxylic acids is 1. The number of anilines is 1. The van der Waals surface area contributed by atoms with Crippen molar-refractivity contribution in [3.8, 4) is 11.1 Å². The molecule has 6 rings (SSSR count). The highest BCUT2D eigenvalue weighted by atomic mass is 16.2. The van der Waals surface area contributed by atoms with E-state index in [1.54, 1.807) is 6.20 Å². The minimum atomic E-state index is -0.000839. The van der Waals surface area contributed by atoms with Gasteiger partial charge in [-0.1, -0.05) is 67.6 Å². The lowest BCUT2D eigenvalue weighted by Gasteiger charge is -2.12. The minimum absolute atomic E-state index is 0.000839. The number of rotatable bonds is 6. The van der Waals surface area contributed by atoms with Crippen LogP contribution in [0, 0.1) is 18.8 Å². The summed E-state index contributed by atoms with van der Waals surface area (Å²) >= 11 is 0. The fourth-order valence-electron chi connectivity index (χ4n) is 4.72. The molecule has 2 aromatic heterocycles. The molecule has 1 saturated carbocycles. The number of benzene rings is 3. The number of amides is 1. The monoisotopic (exact) mass is 497 g/mol. The smallest absolute Gasteiger partial charge is 0.228 e. The van der Waals surface area contributed by atoms with Crippen LogP contribution in [0.1, 0.15) is 30.0 Å². The average Bonchev–Trinajstić information content (AvgIpc) is 3.69. The maximum atomic E-state index is 12.6. The first-order valence-electron chi connectivity index (χ1n) is 12.8. The fraction of sp³-hybridized carbons (Fsp3) is 0.156. The first-order chi connectivity index (χ1) is 18.6. The number of aliphatic imine (C=N–C) groups is 1. The quantitative estimate of drug-likeness (QED) is 0.263. The van der Waals surface area contributed by atoms with Gasteiger partial charge in [-0.05, 0) is 54.7 Å². The third-order valence-corrected chi connectivity index (χ3v) is 7.04. The average molecular weight is 498 g/mol. The van der Waals surface area contributed by atoms with E-state index in [2.05, 4.69) is 64.7 Å². The number of nitrogens with one attached hydrogen (secondary N) is 1. The summed E-state index contributed by atoms with van der Waals surface area (Å²) in [5.74, 6) is 0.914. The molecule has 0 radical (unpaired) electrons. The largest absolute Gasteiger partial charge is 0.309 e. The lowest BCUT2D eigenvalue weighted by atomic mass is 9.99. The SMILES string of the molecule is Cc1ccncc1-c1cc(N=C(c2ccccc2)c2ccccc2)c2nnc(NC(=O)[C@@H]3C[C@H]3C)cc2c1. The zero-order chi connectivity index (χ0) is 26.1. The zero-order valence-electron chi connectivity index (χ0n) is 21.3. The van der Waals surface area contributed by atoms with Crippen LogP contribution in [0.5, 0.6) is 0 Å². The molecular formula is C32H27N5O. The molecule has 2 heterocycles. The van der Waals surface area contributed by atoms with Gasteiger partial charge in [0.1, 0.15) is 5.52 Å². The number of fused-ring (bicyclic) bond motifs is 1. The first-order valence-corrected chi connectivity index (χ1v) is 12.8. The molecule has 3 aromatic carbocycles. The Bertz CT molecular complexity index is 1620. The number of nitrogens with zero attached hydrogens (tertiary/aromatic N) is 4. The highest BCUT2D eigenvalue weighted by Crippen LogP contribution is 2.39. The molecule has 2 atom stereocenters. The van der Waals surface area contributed by atoms with Crippen LogP contribution < -0.4 is 5.32 Å². The Morgan fingerprint density at radius 2 is 1.61 bits per heavy atom. The summed E-state index contributed by atoms with van der Waals surface area (Å²) in [6.07, 6.45) is 4.57. The van der Waals surface area contributed by atoms with Crippen LogP contribution >= 0.6 is 0 Å². The van der Waals surface area contributed by atoms with Crippen molar-refractivity contribution in [2.24, 2.45) is 16.8 Å². The number of hydrogen-bond donors (Lipinski definition) is 1. The van der Waals surface area contributed by atoms with Gasteiger partial charge in [-0.25, -0.2) is 4.99 Å². The molecule has 1 aliphatic rings. The molecule has 0 bridgehead atoms. The van der Waals surface area contributed by atoms with Crippen LogP contribution in [-0.2, 0) is 4.79 Å². The highest BCUT2D eigenvalue weighted by molar-refractivity contribution is 6.15. The van der Waals surface area contributed by atoms with Crippen LogP contribution in [0.4, 0.5) is 11.5 Å². The van der Waals surface area contributed by atoms with Crippen molar-refractivity contribution in [1.82, 2.24) is 15.2 Å². The first kappa shape index (κ1) is 23.7. The second-order valence-corrected chi connectivity index (χ2v) is 9.85. The lowest BCUT2D eigenvalue weighted by molar-refractivity contribution is -0.117. The van der Waals surface area contributed by atoms with Gasteiger partial charge in [0.25, 0.3) is 0 Å². The fourth-order valence-corrected chi connectivity index (χ4v) is 4.72. The third-order valence-electron chi connectivity index (χ3n) is 7.04. The van der Waals surface area contributed by atoms with Gasteiger partial charge in [0.15, 0.2) is 5.82 Å². The van der Waals surface area contributed by atoms with Crippen LogP contribution in [-0.4, -0.2) is 26.8 Å². The van der Waals surface area contributed by atoms with Crippen molar-refractivity contribution in [2.45, 2.75) is 20.3 Å². The van der Waals surface area contributed by atoms with Gasteiger partial charge in [0.2, 0.25) is 5.91 Å². The standard InChI is InChI=1S/C32H27N5O/c1-20-13-14-33-19-27(20)24-16-25-18-29(35-32(38)26-15-21(26)2)36-37-31(25)28(17-24)34-30(22-9-5-3-6-10-22)23-11-7-4-8-12-23/h3-14,16-19,21,26H,15H2,1-2H3,(H,35,36,38)/t21-,26-/m1/s1. The lowest BCUT2D eigenvalue weighted by Crippen LogP contribution is -2.15. The Labute approximate surface area is 221 Å². The zero-order valence-corrected chi connectivity index (χ0v) is 21.3. The summed E-state index contributed by atoms with van der Waals surface area (Å²) < 4.78 is 0. The van der Waals surface area contributed by atoms with Crippen molar-refractivity contribution >= 4 is 34.0 Å². The molecular weight excluding hydrogens is 470 g/mol. The Kier molecular flexibility index (Phi) is 6.22. The predicted octanol–water partition coefficient (Wildman–Crippen LogP) is 6.76. The van der Waals surface area contributed by atoms with Gasteiger partial charge in [0.05, 0.1) is 11.4 Å². The summed E-state index contributed by atoms with van der Waals surface area (Å²) in [4.78, 5) is 22.1. The molecule has 0 spiro atoms. The minimum Gasteiger partial charge on any atom is -0.309 e. The normalized spacial score (nSPS) is 16.2. The van der Waals surface area contributed by atoms with Gasteiger partial charge in [-0.3, -0.25) is 9.78 Å². The molecule has 0 saturated heterocycles. The van der Waals surface area contributed by atoms with Gasteiger partial charge in [-0.15, -0.1) is 10.2 Å². The molecule has 0 aliphatic heterocycles. The summed E-state index contributed by atoms with van der Waals surface area (Å²) in [5.41, 5.74) is 7.32. The summed E-state index contributed by atoms with van der Waals surface area (Å²) in [6, 6.07) is 28.2. The number of aromatic nitrogens is 3. The van der Waals surface area contributed by atoms with Crippen molar-refractivity contribution in [3.63, 3.8) is 0 Å². The van der Waals surface area contributed by atoms with Gasteiger partial charge >= 0.3 is 0 Å². The molecule has 38 heavy (non-hydrogen) atoms. The summed E-state index contributed by atoms with van der Waals surface area (Å²) in [5, 5.41) is 12.7. The molecule has 6 heteroatoms.